The van der Waals surface area contributed by atoms with Crippen molar-refractivity contribution >= 4 is 11.8 Å². The Morgan fingerprint density at radius 2 is 2.00 bits per heavy atom. The van der Waals surface area contributed by atoms with Crippen LogP contribution in [0.1, 0.15) is 31.5 Å². The third kappa shape index (κ3) is 4.14. The molecule has 2 aromatic rings. The lowest BCUT2D eigenvalue weighted by Gasteiger charge is -2.41. The summed E-state index contributed by atoms with van der Waals surface area (Å²) in [4.78, 5) is 25.2. The smallest absolute Gasteiger partial charge is 0.322 e. The third-order valence-electron chi connectivity index (χ3n) is 5.63. The Hall–Kier alpha value is -3.00. The van der Waals surface area contributed by atoms with E-state index in [1.807, 2.05) is 30.5 Å². The standard InChI is InChI=1S/C22H27N3O5/c1-14-15(2)30-19(22(3,20(14)26)21(27)29-5)11-8-17-13-25(24-23-17)12-16-6-9-18(28-4)10-7-16/h6-7,9-10,13,15,19H,1,8,11-12H2,2-5H3/t15-,19+,22+/m0/s1. The predicted octanol–water partition coefficient (Wildman–Crippen LogP) is 2.36. The Bertz CT molecular complexity index is 937. The van der Waals surface area contributed by atoms with Crippen LogP contribution in [0.2, 0.25) is 0 Å². The van der Waals surface area contributed by atoms with E-state index in [1.165, 1.54) is 7.11 Å². The molecule has 1 saturated heterocycles. The minimum absolute atomic E-state index is 0.282. The number of nitrogens with zero attached hydrogens (tertiary/aromatic N) is 3. The number of methoxy groups -OCH3 is 2. The van der Waals surface area contributed by atoms with Crippen molar-refractivity contribution in [3.8, 4) is 5.75 Å². The van der Waals surface area contributed by atoms with E-state index < -0.39 is 23.6 Å². The lowest BCUT2D eigenvalue weighted by Crippen LogP contribution is -2.55. The van der Waals surface area contributed by atoms with E-state index in [0.717, 1.165) is 17.0 Å². The summed E-state index contributed by atoms with van der Waals surface area (Å²) < 4.78 is 17.8. The molecule has 3 rings (SSSR count). The topological polar surface area (TPSA) is 92.5 Å². The molecular weight excluding hydrogens is 386 g/mol. The fraction of sp³-hybridized carbons (Fsp3) is 0.455. The number of carbonyl (C=O) groups excluding carboxylic acids is 2. The van der Waals surface area contributed by atoms with E-state index in [-0.39, 0.29) is 11.4 Å². The van der Waals surface area contributed by atoms with Crippen LogP contribution in [0.25, 0.3) is 0 Å². The first-order chi connectivity index (χ1) is 14.3. The van der Waals surface area contributed by atoms with E-state index in [1.54, 1.807) is 25.6 Å². The molecule has 2 heterocycles. The number of aryl methyl sites for hydroxylation is 1. The van der Waals surface area contributed by atoms with Gasteiger partial charge in [-0.25, -0.2) is 4.68 Å². The lowest BCUT2D eigenvalue weighted by molar-refractivity contribution is -0.175. The lowest BCUT2D eigenvalue weighted by atomic mass is 9.72. The van der Waals surface area contributed by atoms with Crippen molar-refractivity contribution in [2.24, 2.45) is 5.41 Å². The Balaban J connectivity index is 1.68. The maximum absolute atomic E-state index is 12.8. The number of ether oxygens (including phenoxy) is 3. The number of benzene rings is 1. The molecule has 1 aromatic carbocycles. The molecule has 0 radical (unpaired) electrons. The van der Waals surface area contributed by atoms with Gasteiger partial charge in [0.1, 0.15) is 5.75 Å². The number of hydrogen-bond acceptors (Lipinski definition) is 7. The summed E-state index contributed by atoms with van der Waals surface area (Å²) in [5.41, 5.74) is 0.685. The number of esters is 1. The first-order valence-electron chi connectivity index (χ1n) is 9.79. The van der Waals surface area contributed by atoms with Crippen molar-refractivity contribution in [2.45, 2.75) is 45.4 Å². The quantitative estimate of drug-likeness (QED) is 0.391. The molecule has 8 nitrogen and oxygen atoms in total. The van der Waals surface area contributed by atoms with Gasteiger partial charge in [-0.2, -0.15) is 0 Å². The minimum atomic E-state index is -1.42. The Morgan fingerprint density at radius 3 is 2.63 bits per heavy atom. The molecule has 1 aliphatic rings. The number of rotatable bonds is 7. The van der Waals surface area contributed by atoms with Gasteiger partial charge in [0.2, 0.25) is 0 Å². The first-order valence-corrected chi connectivity index (χ1v) is 9.79. The van der Waals surface area contributed by atoms with E-state index >= 15 is 0 Å². The SMILES string of the molecule is C=C1C(=O)[C@](C)(C(=O)OC)[C@@H](CCc2cn(Cc3ccc(OC)cc3)nn2)O[C@H]1C. The normalized spacial score (nSPS) is 24.0. The van der Waals surface area contributed by atoms with Gasteiger partial charge in [0.15, 0.2) is 11.2 Å². The van der Waals surface area contributed by atoms with Crippen molar-refractivity contribution in [2.75, 3.05) is 14.2 Å². The number of aromatic nitrogens is 3. The van der Waals surface area contributed by atoms with E-state index in [2.05, 4.69) is 16.9 Å². The summed E-state index contributed by atoms with van der Waals surface area (Å²) in [6.45, 7) is 7.67. The predicted molar refractivity (Wildman–Crippen MR) is 109 cm³/mol. The number of Topliss-reactive ketones (excluding diaryl/α,β-unsaturated/α-hetero) is 1. The van der Waals surface area contributed by atoms with Crippen LogP contribution in [-0.2, 0) is 32.0 Å². The van der Waals surface area contributed by atoms with E-state index in [9.17, 15) is 9.59 Å². The van der Waals surface area contributed by atoms with E-state index in [4.69, 9.17) is 14.2 Å². The van der Waals surface area contributed by atoms with Crippen LogP contribution in [0.4, 0.5) is 0 Å². The molecule has 0 amide bonds. The molecular formula is C22H27N3O5. The highest BCUT2D eigenvalue weighted by Gasteiger charge is 2.54. The van der Waals surface area contributed by atoms with Gasteiger partial charge >= 0.3 is 5.97 Å². The van der Waals surface area contributed by atoms with Gasteiger partial charge in [-0.1, -0.05) is 23.9 Å². The van der Waals surface area contributed by atoms with Gasteiger partial charge in [-0.05, 0) is 44.4 Å². The average molecular weight is 413 g/mol. The highest BCUT2D eigenvalue weighted by atomic mass is 16.5. The van der Waals surface area contributed by atoms with Gasteiger partial charge in [-0.3, -0.25) is 9.59 Å². The molecule has 160 valence electrons. The summed E-state index contributed by atoms with van der Waals surface area (Å²) in [5, 5.41) is 8.38. The zero-order chi connectivity index (χ0) is 21.9. The average Bonchev–Trinajstić information content (AvgIpc) is 3.21. The molecule has 1 aliphatic heterocycles. The second-order valence-corrected chi connectivity index (χ2v) is 7.61. The zero-order valence-corrected chi connectivity index (χ0v) is 17.8. The summed E-state index contributed by atoms with van der Waals surface area (Å²) in [5.74, 6) is -0.152. The molecule has 1 aromatic heterocycles. The van der Waals surface area contributed by atoms with Crippen LogP contribution < -0.4 is 4.74 Å². The molecule has 0 bridgehead atoms. The van der Waals surface area contributed by atoms with Gasteiger partial charge in [0.25, 0.3) is 0 Å². The molecule has 3 atom stereocenters. The summed E-state index contributed by atoms with van der Waals surface area (Å²) in [7, 11) is 2.90. The van der Waals surface area contributed by atoms with Crippen LogP contribution in [0.5, 0.6) is 5.75 Å². The second-order valence-electron chi connectivity index (χ2n) is 7.61. The first kappa shape index (κ1) is 21.7. The van der Waals surface area contributed by atoms with Crippen molar-refractivity contribution < 1.29 is 23.8 Å². The summed E-state index contributed by atoms with van der Waals surface area (Å²) in [6.07, 6.45) is 1.70. The van der Waals surface area contributed by atoms with Crippen molar-refractivity contribution in [3.05, 3.63) is 53.9 Å². The van der Waals surface area contributed by atoms with Crippen molar-refractivity contribution in [3.63, 3.8) is 0 Å². The van der Waals surface area contributed by atoms with Crippen LogP contribution >= 0.6 is 0 Å². The van der Waals surface area contributed by atoms with Gasteiger partial charge in [0.05, 0.1) is 38.7 Å². The third-order valence-corrected chi connectivity index (χ3v) is 5.63. The molecule has 8 heteroatoms. The number of carbonyl (C=O) groups is 2. The minimum Gasteiger partial charge on any atom is -0.497 e. The monoisotopic (exact) mass is 413 g/mol. The van der Waals surface area contributed by atoms with Crippen LogP contribution in [0.3, 0.4) is 0 Å². The number of hydrogen-bond donors (Lipinski definition) is 0. The molecule has 30 heavy (non-hydrogen) atoms. The highest BCUT2D eigenvalue weighted by Crippen LogP contribution is 2.39. The Labute approximate surface area is 175 Å². The molecule has 0 unspecified atom stereocenters. The second kappa shape index (κ2) is 8.79. The van der Waals surface area contributed by atoms with Crippen molar-refractivity contribution in [1.82, 2.24) is 15.0 Å². The summed E-state index contributed by atoms with van der Waals surface area (Å²) >= 11 is 0. The van der Waals surface area contributed by atoms with Gasteiger partial charge in [-0.15, -0.1) is 5.10 Å². The Morgan fingerprint density at radius 1 is 1.30 bits per heavy atom. The summed E-state index contributed by atoms with van der Waals surface area (Å²) in [6, 6.07) is 7.73. The highest BCUT2D eigenvalue weighted by molar-refractivity contribution is 6.13. The van der Waals surface area contributed by atoms with E-state index in [0.29, 0.717) is 19.4 Å². The fourth-order valence-electron chi connectivity index (χ4n) is 3.65. The maximum Gasteiger partial charge on any atom is 0.322 e. The largest absolute Gasteiger partial charge is 0.497 e. The maximum atomic E-state index is 12.8. The Kier molecular flexibility index (Phi) is 6.36. The number of ketones is 1. The molecule has 0 spiro atoms. The van der Waals surface area contributed by atoms with Crippen molar-refractivity contribution in [1.29, 1.82) is 0 Å². The van der Waals surface area contributed by atoms with Gasteiger partial charge < -0.3 is 14.2 Å². The molecule has 0 saturated carbocycles. The fourth-order valence-corrected chi connectivity index (χ4v) is 3.65. The molecule has 0 aliphatic carbocycles. The zero-order valence-electron chi connectivity index (χ0n) is 17.8. The van der Waals surface area contributed by atoms with Crippen LogP contribution in [-0.4, -0.2) is 53.2 Å². The van der Waals surface area contributed by atoms with Crippen LogP contribution in [0.15, 0.2) is 42.6 Å². The van der Waals surface area contributed by atoms with Crippen LogP contribution in [0, 0.1) is 5.41 Å². The molecule has 1 fully saturated rings. The molecule has 0 N–H and O–H groups in total. The van der Waals surface area contributed by atoms with Gasteiger partial charge in [0, 0.05) is 11.8 Å².